The van der Waals surface area contributed by atoms with E-state index in [1.54, 1.807) is 0 Å². The van der Waals surface area contributed by atoms with Crippen LogP contribution in [-0.4, -0.2) is 41.3 Å². The molecule has 2 aliphatic rings. The third kappa shape index (κ3) is 5.87. The Morgan fingerprint density at radius 1 is 1.16 bits per heavy atom. The summed E-state index contributed by atoms with van der Waals surface area (Å²) in [5.74, 6) is 0.582. The Labute approximate surface area is 155 Å². The van der Waals surface area contributed by atoms with E-state index in [0.29, 0.717) is 24.0 Å². The average molecular weight is 353 g/mol. The van der Waals surface area contributed by atoms with Crippen LogP contribution in [0.4, 0.5) is 4.79 Å². The Morgan fingerprint density at radius 2 is 1.92 bits per heavy atom. The lowest BCUT2D eigenvalue weighted by Gasteiger charge is -2.42. The molecule has 0 aromatic carbocycles. The molecule has 146 valence electrons. The molecule has 1 aliphatic heterocycles. The minimum Gasteiger partial charge on any atom is -0.444 e. The fraction of sp³-hybridized carbons (Fsp3) is 0.952. The van der Waals surface area contributed by atoms with Crippen LogP contribution in [0.25, 0.3) is 0 Å². The Bertz CT molecular complexity index is 419. The molecule has 2 rings (SSSR count). The number of rotatable bonds is 6. The second kappa shape index (κ2) is 9.25. The fourth-order valence-corrected chi connectivity index (χ4v) is 4.66. The van der Waals surface area contributed by atoms with Crippen molar-refractivity contribution in [1.82, 2.24) is 10.2 Å². The van der Waals surface area contributed by atoms with Crippen LogP contribution >= 0.6 is 0 Å². The summed E-state index contributed by atoms with van der Waals surface area (Å²) < 4.78 is 5.71. The van der Waals surface area contributed by atoms with Gasteiger partial charge in [0.15, 0.2) is 0 Å². The van der Waals surface area contributed by atoms with Crippen molar-refractivity contribution in [2.75, 3.05) is 6.54 Å². The lowest BCUT2D eigenvalue weighted by Crippen LogP contribution is -2.53. The molecule has 4 heteroatoms. The summed E-state index contributed by atoms with van der Waals surface area (Å²) in [5, 5.41) is 3.94. The molecule has 4 nitrogen and oxygen atoms in total. The van der Waals surface area contributed by atoms with Gasteiger partial charge in [-0.2, -0.15) is 0 Å². The topological polar surface area (TPSA) is 41.6 Å². The first-order valence-electron chi connectivity index (χ1n) is 10.6. The quantitative estimate of drug-likeness (QED) is 0.722. The first kappa shape index (κ1) is 20.5. The average Bonchev–Trinajstić information content (AvgIpc) is 3.00. The van der Waals surface area contributed by atoms with Gasteiger partial charge in [-0.15, -0.1) is 0 Å². The van der Waals surface area contributed by atoms with E-state index in [-0.39, 0.29) is 6.09 Å². The first-order chi connectivity index (χ1) is 11.9. The van der Waals surface area contributed by atoms with Crippen LogP contribution < -0.4 is 5.32 Å². The maximum atomic E-state index is 12.8. The van der Waals surface area contributed by atoms with E-state index in [0.717, 1.165) is 19.4 Å². The van der Waals surface area contributed by atoms with Crippen molar-refractivity contribution in [2.24, 2.45) is 5.92 Å². The molecule has 4 atom stereocenters. The monoisotopic (exact) mass is 352 g/mol. The highest BCUT2D eigenvalue weighted by molar-refractivity contribution is 5.68. The number of ether oxygens (including phenoxy) is 1. The van der Waals surface area contributed by atoms with Crippen molar-refractivity contribution in [3.8, 4) is 0 Å². The lowest BCUT2D eigenvalue weighted by molar-refractivity contribution is -0.000415. The van der Waals surface area contributed by atoms with Gasteiger partial charge in [-0.3, -0.25) is 0 Å². The van der Waals surface area contributed by atoms with Gasteiger partial charge in [-0.1, -0.05) is 26.7 Å². The number of piperidine rings is 1. The van der Waals surface area contributed by atoms with Crippen LogP contribution in [0.5, 0.6) is 0 Å². The van der Waals surface area contributed by atoms with Gasteiger partial charge in [-0.25, -0.2) is 4.79 Å². The molecule has 1 amide bonds. The second-order valence-electron chi connectivity index (χ2n) is 9.00. The molecule has 1 aliphatic carbocycles. The smallest absolute Gasteiger partial charge is 0.410 e. The number of likely N-dealkylation sites (tertiary alicyclic amines) is 1. The molecular weight excluding hydrogens is 312 g/mol. The molecule has 1 saturated heterocycles. The Balaban J connectivity index is 2.05. The number of hydrogen-bond acceptors (Lipinski definition) is 3. The number of nitrogens with one attached hydrogen (secondary N) is 1. The van der Waals surface area contributed by atoms with Crippen LogP contribution in [-0.2, 0) is 4.74 Å². The summed E-state index contributed by atoms with van der Waals surface area (Å²) in [6.45, 7) is 11.3. The maximum absolute atomic E-state index is 12.8. The van der Waals surface area contributed by atoms with Crippen molar-refractivity contribution < 1.29 is 9.53 Å². The molecule has 1 heterocycles. The van der Waals surface area contributed by atoms with Gasteiger partial charge < -0.3 is 15.0 Å². The normalized spacial score (nSPS) is 28.8. The van der Waals surface area contributed by atoms with Crippen LogP contribution in [0, 0.1) is 5.92 Å². The summed E-state index contributed by atoms with van der Waals surface area (Å²) in [6, 6.07) is 1.53. The zero-order valence-electron chi connectivity index (χ0n) is 17.1. The number of carbonyl (C=O) groups excluding carboxylic acids is 1. The molecule has 0 bridgehead atoms. The van der Waals surface area contributed by atoms with E-state index in [1.165, 1.54) is 44.9 Å². The minimum absolute atomic E-state index is 0.108. The van der Waals surface area contributed by atoms with Gasteiger partial charge in [0.2, 0.25) is 0 Å². The Kier molecular flexibility index (Phi) is 7.60. The van der Waals surface area contributed by atoms with Crippen molar-refractivity contribution in [1.29, 1.82) is 0 Å². The number of nitrogens with zero attached hydrogens (tertiary/aromatic N) is 1. The zero-order chi connectivity index (χ0) is 18.4. The van der Waals surface area contributed by atoms with E-state index >= 15 is 0 Å². The molecule has 25 heavy (non-hydrogen) atoms. The van der Waals surface area contributed by atoms with Crippen LogP contribution in [0.2, 0.25) is 0 Å². The molecule has 4 unspecified atom stereocenters. The number of amides is 1. The summed E-state index contributed by atoms with van der Waals surface area (Å²) in [6.07, 6.45) is 10.8. The Hall–Kier alpha value is -0.770. The Morgan fingerprint density at radius 3 is 2.56 bits per heavy atom. The first-order valence-corrected chi connectivity index (χ1v) is 10.6. The third-order valence-electron chi connectivity index (χ3n) is 5.82. The molecule has 2 fully saturated rings. The van der Waals surface area contributed by atoms with Crippen LogP contribution in [0.1, 0.15) is 92.4 Å². The highest BCUT2D eigenvalue weighted by Gasteiger charge is 2.41. The molecule has 0 radical (unpaired) electrons. The molecular formula is C21H40N2O2. The highest BCUT2D eigenvalue weighted by atomic mass is 16.6. The molecule has 1 N–H and O–H groups in total. The number of hydrogen-bond donors (Lipinski definition) is 1. The molecule has 0 spiro atoms. The van der Waals surface area contributed by atoms with Crippen molar-refractivity contribution in [3.05, 3.63) is 0 Å². The van der Waals surface area contributed by atoms with Gasteiger partial charge >= 0.3 is 6.09 Å². The zero-order valence-corrected chi connectivity index (χ0v) is 17.1. The maximum Gasteiger partial charge on any atom is 0.410 e. The van der Waals surface area contributed by atoms with Gasteiger partial charge in [0, 0.05) is 24.7 Å². The van der Waals surface area contributed by atoms with Crippen molar-refractivity contribution >= 4 is 6.09 Å². The van der Waals surface area contributed by atoms with Crippen LogP contribution in [0.3, 0.4) is 0 Å². The highest BCUT2D eigenvalue weighted by Crippen LogP contribution is 2.36. The van der Waals surface area contributed by atoms with E-state index in [9.17, 15) is 4.79 Å². The SMILES string of the molecule is CCCC(CC)NC1CCCC1C1CCCCN1C(=O)OC(C)(C)C. The second-order valence-corrected chi connectivity index (χ2v) is 9.00. The van der Waals surface area contributed by atoms with Gasteiger partial charge in [-0.05, 0) is 71.6 Å². The molecule has 1 saturated carbocycles. The molecule has 0 aromatic heterocycles. The van der Waals surface area contributed by atoms with E-state index in [2.05, 4.69) is 24.1 Å². The van der Waals surface area contributed by atoms with Gasteiger partial charge in [0.1, 0.15) is 5.60 Å². The molecule has 0 aromatic rings. The van der Waals surface area contributed by atoms with Gasteiger partial charge in [0.25, 0.3) is 0 Å². The van der Waals surface area contributed by atoms with E-state index < -0.39 is 5.60 Å². The summed E-state index contributed by atoms with van der Waals surface area (Å²) in [7, 11) is 0. The lowest BCUT2D eigenvalue weighted by atomic mass is 9.86. The van der Waals surface area contributed by atoms with E-state index in [1.807, 2.05) is 20.8 Å². The van der Waals surface area contributed by atoms with Crippen molar-refractivity contribution in [3.63, 3.8) is 0 Å². The van der Waals surface area contributed by atoms with Gasteiger partial charge in [0.05, 0.1) is 0 Å². The number of carbonyl (C=O) groups is 1. The summed E-state index contributed by atoms with van der Waals surface area (Å²) in [5.41, 5.74) is -0.416. The minimum atomic E-state index is -0.416. The predicted octanol–water partition coefficient (Wildman–Crippen LogP) is 5.11. The van der Waals surface area contributed by atoms with Crippen molar-refractivity contribution in [2.45, 2.75) is 116 Å². The predicted molar refractivity (Wildman–Crippen MR) is 104 cm³/mol. The summed E-state index contributed by atoms with van der Waals surface area (Å²) >= 11 is 0. The largest absolute Gasteiger partial charge is 0.444 e. The summed E-state index contributed by atoms with van der Waals surface area (Å²) in [4.78, 5) is 14.8. The van der Waals surface area contributed by atoms with Crippen LogP contribution in [0.15, 0.2) is 0 Å². The fourth-order valence-electron chi connectivity index (χ4n) is 4.66. The standard InChI is InChI=1S/C21H40N2O2/c1-6-11-16(7-2)22-18-13-10-12-17(18)19-14-8-9-15-23(19)20(24)25-21(3,4)5/h16-19,22H,6-15H2,1-5H3. The van der Waals surface area contributed by atoms with E-state index in [4.69, 9.17) is 4.74 Å². The third-order valence-corrected chi connectivity index (χ3v) is 5.82.